The van der Waals surface area contributed by atoms with Crippen LogP contribution < -0.4 is 10.6 Å². The maximum Gasteiger partial charge on any atom is 0.242 e. The molecule has 1 heterocycles. The summed E-state index contributed by atoms with van der Waals surface area (Å²) < 4.78 is 1.88. The van der Waals surface area contributed by atoms with Crippen molar-refractivity contribution in [2.75, 3.05) is 5.32 Å². The number of anilines is 1. The van der Waals surface area contributed by atoms with E-state index >= 15 is 0 Å². The number of amides is 1. The topological polar surface area (TPSA) is 59.0 Å². The van der Waals surface area contributed by atoms with Crippen LogP contribution in [0.4, 0.5) is 5.69 Å². The van der Waals surface area contributed by atoms with Crippen molar-refractivity contribution in [1.29, 1.82) is 0 Å². The molecule has 2 aromatic rings. The Morgan fingerprint density at radius 3 is 2.55 bits per heavy atom. The molecule has 0 saturated carbocycles. The summed E-state index contributed by atoms with van der Waals surface area (Å²) in [6, 6.07) is 9.55. The van der Waals surface area contributed by atoms with Crippen LogP contribution in [0.1, 0.15) is 33.3 Å². The van der Waals surface area contributed by atoms with Crippen molar-refractivity contribution >= 4 is 11.6 Å². The lowest BCUT2D eigenvalue weighted by Crippen LogP contribution is -2.37. The minimum atomic E-state index is -0.318. The number of nitrogens with zero attached hydrogens (tertiary/aromatic N) is 2. The maximum absolute atomic E-state index is 12.1. The number of benzene rings is 1. The SMILES string of the molecule is CC(Nc1cnn(C(C)(C)C)c1)C(=O)NCc1ccccc1. The number of aromatic nitrogens is 2. The number of hydrogen-bond donors (Lipinski definition) is 2. The zero-order valence-electron chi connectivity index (χ0n) is 13.6. The van der Waals surface area contributed by atoms with Crippen LogP contribution in [0.5, 0.6) is 0 Å². The predicted molar refractivity (Wildman–Crippen MR) is 88.6 cm³/mol. The van der Waals surface area contributed by atoms with Gasteiger partial charge in [0.25, 0.3) is 0 Å². The lowest BCUT2D eigenvalue weighted by molar-refractivity contribution is -0.121. The second-order valence-electron chi connectivity index (χ2n) is 6.41. The van der Waals surface area contributed by atoms with Crippen LogP contribution in [0.3, 0.4) is 0 Å². The number of carbonyl (C=O) groups excluding carboxylic acids is 1. The van der Waals surface area contributed by atoms with Crippen molar-refractivity contribution < 1.29 is 4.79 Å². The molecule has 5 heteroatoms. The van der Waals surface area contributed by atoms with Gasteiger partial charge in [-0.1, -0.05) is 30.3 Å². The zero-order chi connectivity index (χ0) is 16.2. The van der Waals surface area contributed by atoms with Crippen LogP contribution in [0.2, 0.25) is 0 Å². The Morgan fingerprint density at radius 1 is 1.27 bits per heavy atom. The minimum Gasteiger partial charge on any atom is -0.371 e. The molecule has 1 aromatic carbocycles. The fraction of sp³-hybridized carbons (Fsp3) is 0.412. The second kappa shape index (κ2) is 6.64. The molecular formula is C17H24N4O. The quantitative estimate of drug-likeness (QED) is 0.892. The van der Waals surface area contributed by atoms with Gasteiger partial charge in [-0.15, -0.1) is 0 Å². The van der Waals surface area contributed by atoms with Gasteiger partial charge in [0.15, 0.2) is 0 Å². The maximum atomic E-state index is 12.1. The molecule has 2 rings (SSSR count). The average molecular weight is 300 g/mol. The molecule has 0 radical (unpaired) electrons. The molecule has 0 fully saturated rings. The molecule has 22 heavy (non-hydrogen) atoms. The van der Waals surface area contributed by atoms with Gasteiger partial charge in [0.2, 0.25) is 5.91 Å². The van der Waals surface area contributed by atoms with Crippen LogP contribution in [0.15, 0.2) is 42.7 Å². The lowest BCUT2D eigenvalue weighted by Gasteiger charge is -2.19. The van der Waals surface area contributed by atoms with Crippen molar-refractivity contribution in [1.82, 2.24) is 15.1 Å². The molecule has 0 aliphatic carbocycles. The van der Waals surface area contributed by atoms with Crippen molar-refractivity contribution in [3.63, 3.8) is 0 Å². The molecule has 0 spiro atoms. The molecule has 1 amide bonds. The number of hydrogen-bond acceptors (Lipinski definition) is 3. The Balaban J connectivity index is 1.87. The Hall–Kier alpha value is -2.30. The van der Waals surface area contributed by atoms with Gasteiger partial charge in [-0.25, -0.2) is 0 Å². The van der Waals surface area contributed by atoms with Gasteiger partial charge in [-0.05, 0) is 33.3 Å². The molecule has 2 N–H and O–H groups in total. The first-order chi connectivity index (χ1) is 10.4. The molecule has 1 aromatic heterocycles. The van der Waals surface area contributed by atoms with E-state index in [4.69, 9.17) is 0 Å². The van der Waals surface area contributed by atoms with Gasteiger partial charge in [-0.3, -0.25) is 9.48 Å². The molecule has 0 bridgehead atoms. The monoisotopic (exact) mass is 300 g/mol. The standard InChI is InChI=1S/C17H24N4O/c1-13(16(22)18-10-14-8-6-5-7-9-14)20-15-11-19-21(12-15)17(2,3)4/h5-9,11-13,20H,10H2,1-4H3,(H,18,22). The van der Waals surface area contributed by atoms with E-state index in [1.807, 2.05) is 48.1 Å². The summed E-state index contributed by atoms with van der Waals surface area (Å²) >= 11 is 0. The molecule has 0 saturated heterocycles. The summed E-state index contributed by atoms with van der Waals surface area (Å²) in [5.74, 6) is -0.0349. The van der Waals surface area contributed by atoms with Gasteiger partial charge in [0.1, 0.15) is 6.04 Å². The molecule has 1 atom stereocenters. The summed E-state index contributed by atoms with van der Waals surface area (Å²) in [7, 11) is 0. The zero-order valence-corrected chi connectivity index (χ0v) is 13.6. The highest BCUT2D eigenvalue weighted by Crippen LogP contribution is 2.16. The molecule has 1 unspecified atom stereocenters. The summed E-state index contributed by atoms with van der Waals surface area (Å²) in [5.41, 5.74) is 1.86. The van der Waals surface area contributed by atoms with Crippen LogP contribution >= 0.6 is 0 Å². The first-order valence-corrected chi connectivity index (χ1v) is 7.49. The first-order valence-electron chi connectivity index (χ1n) is 7.49. The predicted octanol–water partition coefficient (Wildman–Crippen LogP) is 2.75. The van der Waals surface area contributed by atoms with Crippen molar-refractivity contribution in [3.8, 4) is 0 Å². The van der Waals surface area contributed by atoms with E-state index in [1.54, 1.807) is 6.20 Å². The Kier molecular flexibility index (Phi) is 4.85. The van der Waals surface area contributed by atoms with E-state index in [0.29, 0.717) is 6.54 Å². The fourth-order valence-corrected chi connectivity index (χ4v) is 2.02. The third kappa shape index (κ3) is 4.35. The number of nitrogens with one attached hydrogen (secondary N) is 2. The molecule has 0 aliphatic rings. The molecule has 0 aliphatic heterocycles. The molecule has 5 nitrogen and oxygen atoms in total. The highest BCUT2D eigenvalue weighted by Gasteiger charge is 2.16. The van der Waals surface area contributed by atoms with Crippen molar-refractivity contribution in [2.24, 2.45) is 0 Å². The fourth-order valence-electron chi connectivity index (χ4n) is 2.02. The van der Waals surface area contributed by atoms with Gasteiger partial charge >= 0.3 is 0 Å². The van der Waals surface area contributed by atoms with E-state index in [2.05, 4.69) is 36.5 Å². The van der Waals surface area contributed by atoms with E-state index in [0.717, 1.165) is 11.3 Å². The molecule has 118 valence electrons. The largest absolute Gasteiger partial charge is 0.371 e. The van der Waals surface area contributed by atoms with Gasteiger partial charge in [0, 0.05) is 12.7 Å². The average Bonchev–Trinajstić information content (AvgIpc) is 2.94. The van der Waals surface area contributed by atoms with Crippen LogP contribution in [-0.4, -0.2) is 21.7 Å². The highest BCUT2D eigenvalue weighted by molar-refractivity contribution is 5.84. The smallest absolute Gasteiger partial charge is 0.242 e. The van der Waals surface area contributed by atoms with E-state index < -0.39 is 0 Å². The lowest BCUT2D eigenvalue weighted by atomic mass is 10.1. The Labute approximate surface area is 131 Å². The third-order valence-electron chi connectivity index (χ3n) is 3.36. The van der Waals surface area contributed by atoms with Crippen molar-refractivity contribution in [3.05, 3.63) is 48.3 Å². The van der Waals surface area contributed by atoms with Crippen LogP contribution in [0, 0.1) is 0 Å². The van der Waals surface area contributed by atoms with Crippen LogP contribution in [-0.2, 0) is 16.9 Å². The number of carbonyl (C=O) groups is 1. The highest BCUT2D eigenvalue weighted by atomic mass is 16.2. The Morgan fingerprint density at radius 2 is 1.95 bits per heavy atom. The van der Waals surface area contributed by atoms with Gasteiger partial charge in [-0.2, -0.15) is 5.10 Å². The molecular weight excluding hydrogens is 276 g/mol. The third-order valence-corrected chi connectivity index (χ3v) is 3.36. The van der Waals surface area contributed by atoms with Crippen LogP contribution in [0.25, 0.3) is 0 Å². The first kappa shape index (κ1) is 16.1. The summed E-state index contributed by atoms with van der Waals surface area (Å²) in [5, 5.41) is 10.4. The van der Waals surface area contributed by atoms with E-state index in [1.165, 1.54) is 0 Å². The second-order valence-corrected chi connectivity index (χ2v) is 6.41. The normalized spacial score (nSPS) is 12.7. The van der Waals surface area contributed by atoms with Gasteiger partial charge in [0.05, 0.1) is 17.4 Å². The summed E-state index contributed by atoms with van der Waals surface area (Å²) in [6.07, 6.45) is 3.66. The number of rotatable bonds is 5. The van der Waals surface area contributed by atoms with Gasteiger partial charge < -0.3 is 10.6 Å². The Bertz CT molecular complexity index is 613. The summed E-state index contributed by atoms with van der Waals surface area (Å²) in [6.45, 7) is 8.63. The summed E-state index contributed by atoms with van der Waals surface area (Å²) in [4.78, 5) is 12.1. The minimum absolute atomic E-state index is 0.0349. The van der Waals surface area contributed by atoms with E-state index in [-0.39, 0.29) is 17.5 Å². The van der Waals surface area contributed by atoms with Crippen molar-refractivity contribution in [2.45, 2.75) is 45.8 Å². The van der Waals surface area contributed by atoms with E-state index in [9.17, 15) is 4.79 Å².